The van der Waals surface area contributed by atoms with E-state index in [4.69, 9.17) is 18.7 Å². The Morgan fingerprint density at radius 2 is 1.97 bits per heavy atom. The maximum Gasteiger partial charge on any atom is 0.227 e. The van der Waals surface area contributed by atoms with Crippen molar-refractivity contribution in [3.8, 4) is 28.6 Å². The molecule has 4 rings (SSSR count). The minimum absolute atomic E-state index is 0.00336. The fourth-order valence-electron chi connectivity index (χ4n) is 4.03. The van der Waals surface area contributed by atoms with Gasteiger partial charge >= 0.3 is 0 Å². The zero-order chi connectivity index (χ0) is 24.1. The summed E-state index contributed by atoms with van der Waals surface area (Å²) >= 11 is 0. The van der Waals surface area contributed by atoms with E-state index in [9.17, 15) is 4.79 Å². The zero-order valence-electron chi connectivity index (χ0n) is 20.0. The van der Waals surface area contributed by atoms with E-state index >= 15 is 0 Å². The summed E-state index contributed by atoms with van der Waals surface area (Å²) in [6.45, 7) is 4.25. The van der Waals surface area contributed by atoms with Crippen LogP contribution in [0.3, 0.4) is 0 Å². The first-order chi connectivity index (χ1) is 16.5. The fraction of sp³-hybridized carbons (Fsp3) is 0.400. The molecular weight excluding hydrogens is 436 g/mol. The van der Waals surface area contributed by atoms with Gasteiger partial charge in [-0.25, -0.2) is 0 Å². The standard InChI is InChI=1S/C25H30N4O5/c1-5-29-16-18(33-20-9-7-6-8-19(20)29)15-28(2)24(30)13-12-23-26-25(27-34-23)17-10-11-21(31-3)22(14-17)32-4/h6-11,14,18H,5,12-13,15-16H2,1-4H3. The summed E-state index contributed by atoms with van der Waals surface area (Å²) in [4.78, 5) is 21.2. The van der Waals surface area contributed by atoms with E-state index in [2.05, 4.69) is 28.0 Å². The first-order valence-corrected chi connectivity index (χ1v) is 11.3. The maximum absolute atomic E-state index is 12.8. The lowest BCUT2D eigenvalue weighted by atomic mass is 10.1. The number of hydrogen-bond acceptors (Lipinski definition) is 8. The SMILES string of the molecule is CCN1CC(CN(C)C(=O)CCc2nc(-c3ccc(OC)c(OC)c3)no2)Oc2ccccc21. The molecule has 1 unspecified atom stereocenters. The summed E-state index contributed by atoms with van der Waals surface area (Å²) in [5, 5.41) is 4.04. The molecule has 3 aromatic rings. The number of carbonyl (C=O) groups is 1. The normalized spacial score (nSPS) is 14.8. The molecule has 1 atom stereocenters. The highest BCUT2D eigenvalue weighted by Crippen LogP contribution is 2.33. The molecule has 1 aromatic heterocycles. The number of aryl methyl sites for hydroxylation is 1. The molecule has 0 bridgehead atoms. The number of rotatable bonds is 9. The van der Waals surface area contributed by atoms with Crippen LogP contribution in [0, 0.1) is 0 Å². The van der Waals surface area contributed by atoms with Crippen molar-refractivity contribution >= 4 is 11.6 Å². The summed E-state index contributed by atoms with van der Waals surface area (Å²) < 4.78 is 22.1. The van der Waals surface area contributed by atoms with Crippen LogP contribution in [0.5, 0.6) is 17.2 Å². The van der Waals surface area contributed by atoms with E-state index in [0.717, 1.165) is 30.1 Å². The van der Waals surface area contributed by atoms with Crippen LogP contribution in [0.25, 0.3) is 11.4 Å². The van der Waals surface area contributed by atoms with E-state index in [-0.39, 0.29) is 18.4 Å². The Labute approximate surface area is 199 Å². The summed E-state index contributed by atoms with van der Waals surface area (Å²) in [6, 6.07) is 13.4. The molecule has 2 aromatic carbocycles. The average Bonchev–Trinajstić information content (AvgIpc) is 3.35. The molecule has 0 saturated carbocycles. The Morgan fingerprint density at radius 3 is 2.74 bits per heavy atom. The molecule has 0 fully saturated rings. The second kappa shape index (κ2) is 10.5. The number of likely N-dealkylation sites (N-methyl/N-ethyl adjacent to an activating group) is 2. The van der Waals surface area contributed by atoms with E-state index < -0.39 is 0 Å². The Kier molecular flexibility index (Phi) is 7.20. The van der Waals surface area contributed by atoms with E-state index in [1.807, 2.05) is 24.3 Å². The Balaban J connectivity index is 1.32. The molecule has 180 valence electrons. The number of methoxy groups -OCH3 is 2. The summed E-state index contributed by atoms with van der Waals surface area (Å²) in [6.07, 6.45) is 0.535. The maximum atomic E-state index is 12.8. The van der Waals surface area contributed by atoms with Gasteiger partial charge in [0.05, 0.1) is 33.0 Å². The smallest absolute Gasteiger partial charge is 0.227 e. The highest BCUT2D eigenvalue weighted by Gasteiger charge is 2.26. The van der Waals surface area contributed by atoms with Gasteiger partial charge < -0.3 is 28.5 Å². The largest absolute Gasteiger partial charge is 0.493 e. The van der Waals surface area contributed by atoms with Crippen molar-refractivity contribution in [1.82, 2.24) is 15.0 Å². The van der Waals surface area contributed by atoms with Gasteiger partial charge in [-0.05, 0) is 37.3 Å². The van der Waals surface area contributed by atoms with Crippen LogP contribution in [0.1, 0.15) is 19.2 Å². The Hall–Kier alpha value is -3.75. The van der Waals surface area contributed by atoms with Crippen molar-refractivity contribution in [3.63, 3.8) is 0 Å². The second-order valence-corrected chi connectivity index (χ2v) is 8.10. The molecule has 0 saturated heterocycles. The van der Waals surface area contributed by atoms with Crippen molar-refractivity contribution in [2.24, 2.45) is 0 Å². The van der Waals surface area contributed by atoms with Gasteiger partial charge in [0.15, 0.2) is 11.5 Å². The van der Waals surface area contributed by atoms with Gasteiger partial charge in [-0.1, -0.05) is 17.3 Å². The number of carbonyl (C=O) groups excluding carboxylic acids is 1. The number of benzene rings is 2. The van der Waals surface area contributed by atoms with Gasteiger partial charge in [0, 0.05) is 32.0 Å². The van der Waals surface area contributed by atoms with Gasteiger partial charge in [-0.3, -0.25) is 4.79 Å². The van der Waals surface area contributed by atoms with Crippen LogP contribution in [-0.4, -0.2) is 68.0 Å². The highest BCUT2D eigenvalue weighted by molar-refractivity contribution is 5.76. The number of fused-ring (bicyclic) bond motifs is 1. The lowest BCUT2D eigenvalue weighted by Gasteiger charge is -2.37. The third-order valence-corrected chi connectivity index (χ3v) is 5.87. The number of para-hydroxylation sites is 2. The Morgan fingerprint density at radius 1 is 1.18 bits per heavy atom. The van der Waals surface area contributed by atoms with Crippen LogP contribution in [0.4, 0.5) is 5.69 Å². The number of nitrogens with zero attached hydrogens (tertiary/aromatic N) is 4. The van der Waals surface area contributed by atoms with Crippen LogP contribution in [-0.2, 0) is 11.2 Å². The topological polar surface area (TPSA) is 90.2 Å². The van der Waals surface area contributed by atoms with Crippen molar-refractivity contribution in [2.45, 2.75) is 25.9 Å². The van der Waals surface area contributed by atoms with Crippen LogP contribution in [0.15, 0.2) is 47.0 Å². The number of aromatic nitrogens is 2. The predicted octanol–water partition coefficient (Wildman–Crippen LogP) is 3.43. The van der Waals surface area contributed by atoms with E-state index in [1.54, 1.807) is 38.3 Å². The van der Waals surface area contributed by atoms with Gasteiger partial charge in [0.2, 0.25) is 17.6 Å². The first-order valence-electron chi connectivity index (χ1n) is 11.3. The lowest BCUT2D eigenvalue weighted by molar-refractivity contribution is -0.131. The van der Waals surface area contributed by atoms with Crippen LogP contribution < -0.4 is 19.1 Å². The van der Waals surface area contributed by atoms with Gasteiger partial charge in [-0.2, -0.15) is 4.98 Å². The van der Waals surface area contributed by atoms with Crippen molar-refractivity contribution < 1.29 is 23.5 Å². The monoisotopic (exact) mass is 466 g/mol. The number of amides is 1. The van der Waals surface area contributed by atoms with Gasteiger partial charge in [0.1, 0.15) is 11.9 Å². The average molecular weight is 467 g/mol. The lowest BCUT2D eigenvalue weighted by Crippen LogP contribution is -2.46. The fourth-order valence-corrected chi connectivity index (χ4v) is 4.03. The molecule has 34 heavy (non-hydrogen) atoms. The van der Waals surface area contributed by atoms with Crippen molar-refractivity contribution in [3.05, 3.63) is 48.4 Å². The third kappa shape index (κ3) is 5.08. The quantitative estimate of drug-likeness (QED) is 0.474. The molecule has 1 amide bonds. The molecular formula is C25H30N4O5. The molecule has 0 radical (unpaired) electrons. The van der Waals surface area contributed by atoms with Crippen LogP contribution in [0.2, 0.25) is 0 Å². The summed E-state index contributed by atoms with van der Waals surface area (Å²) in [5.74, 6) is 2.90. The molecule has 1 aliphatic rings. The second-order valence-electron chi connectivity index (χ2n) is 8.10. The molecule has 9 nitrogen and oxygen atoms in total. The summed E-state index contributed by atoms with van der Waals surface area (Å²) in [5.41, 5.74) is 1.84. The number of anilines is 1. The van der Waals surface area contributed by atoms with E-state index in [1.165, 1.54) is 0 Å². The third-order valence-electron chi connectivity index (χ3n) is 5.87. The zero-order valence-corrected chi connectivity index (χ0v) is 20.0. The molecule has 0 aliphatic carbocycles. The minimum Gasteiger partial charge on any atom is -0.493 e. The summed E-state index contributed by atoms with van der Waals surface area (Å²) in [7, 11) is 4.95. The van der Waals surface area contributed by atoms with Crippen LogP contribution >= 0.6 is 0 Å². The number of hydrogen-bond donors (Lipinski definition) is 0. The Bertz CT molecular complexity index is 1130. The number of ether oxygens (including phenoxy) is 3. The van der Waals surface area contributed by atoms with Gasteiger partial charge in [-0.15, -0.1) is 0 Å². The minimum atomic E-state index is -0.0936. The molecule has 0 N–H and O–H groups in total. The molecule has 9 heteroatoms. The first kappa shape index (κ1) is 23.4. The molecule has 0 spiro atoms. The molecule has 2 heterocycles. The molecule has 1 aliphatic heterocycles. The highest BCUT2D eigenvalue weighted by atomic mass is 16.5. The predicted molar refractivity (Wildman–Crippen MR) is 128 cm³/mol. The van der Waals surface area contributed by atoms with Crippen molar-refractivity contribution in [1.29, 1.82) is 0 Å². The van der Waals surface area contributed by atoms with Gasteiger partial charge in [0.25, 0.3) is 0 Å². The van der Waals surface area contributed by atoms with Crippen molar-refractivity contribution in [2.75, 3.05) is 45.8 Å². The van der Waals surface area contributed by atoms with E-state index in [0.29, 0.717) is 36.2 Å².